The Hall–Kier alpha value is -0.905. The maximum Gasteiger partial charge on any atom is 0.491 e. The van der Waals surface area contributed by atoms with E-state index in [1.54, 1.807) is 6.07 Å². The zero-order valence-electron chi connectivity index (χ0n) is 11.2. The smallest absolute Gasteiger partial charge is 0.423 e. The van der Waals surface area contributed by atoms with Gasteiger partial charge < -0.3 is 10.0 Å². The minimum absolute atomic E-state index is 0.0657. The summed E-state index contributed by atoms with van der Waals surface area (Å²) in [6, 6.07) is 4.91. The lowest BCUT2D eigenvalue weighted by Crippen LogP contribution is -2.34. The van der Waals surface area contributed by atoms with Gasteiger partial charge in [0.2, 0.25) is 0 Å². The van der Waals surface area contributed by atoms with Crippen molar-refractivity contribution < 1.29 is 14.4 Å². The minimum Gasteiger partial charge on any atom is -0.423 e. The fraction of sp³-hybridized carbons (Fsp3) is 0.538. The Morgan fingerprint density at radius 1 is 1.39 bits per heavy atom. The monoisotopic (exact) mass is 253 g/mol. The highest BCUT2D eigenvalue weighted by Gasteiger charge is 2.17. The van der Waals surface area contributed by atoms with Crippen molar-refractivity contribution in [1.82, 2.24) is 4.90 Å². The predicted octanol–water partition coefficient (Wildman–Crippen LogP) is 1.13. The van der Waals surface area contributed by atoms with Crippen molar-refractivity contribution in [2.24, 2.45) is 0 Å². The van der Waals surface area contributed by atoms with E-state index in [0.717, 1.165) is 18.4 Å². The van der Waals surface area contributed by atoms with Crippen LogP contribution in [0.2, 0.25) is 0 Å². The Kier molecular flexibility index (Phi) is 5.79. The molecule has 1 unspecified atom stereocenters. The fourth-order valence-corrected chi connectivity index (χ4v) is 1.97. The van der Waals surface area contributed by atoms with Crippen molar-refractivity contribution in [3.8, 4) is 0 Å². The normalized spacial score (nSPS) is 12.8. The van der Waals surface area contributed by atoms with E-state index in [9.17, 15) is 4.39 Å². The molecule has 0 aliphatic rings. The van der Waals surface area contributed by atoms with Crippen LogP contribution >= 0.6 is 0 Å². The van der Waals surface area contributed by atoms with Crippen molar-refractivity contribution in [3.63, 3.8) is 0 Å². The number of nitrogens with zero attached hydrogens (tertiary/aromatic N) is 1. The van der Waals surface area contributed by atoms with Gasteiger partial charge in [-0.2, -0.15) is 0 Å². The standard InChI is InChI=1S/C13H21BFNO2/c1-4-5-10(2)16(3)9-11-6-7-13(15)12(8-11)14(17)18/h6-8,10,17-18H,4-5,9H2,1-3H3. The highest BCUT2D eigenvalue weighted by Crippen LogP contribution is 2.10. The number of benzene rings is 1. The first-order valence-electron chi connectivity index (χ1n) is 6.30. The van der Waals surface area contributed by atoms with E-state index in [0.29, 0.717) is 12.6 Å². The number of rotatable bonds is 6. The minimum atomic E-state index is -1.76. The van der Waals surface area contributed by atoms with Crippen LogP contribution in [0.3, 0.4) is 0 Å². The van der Waals surface area contributed by atoms with Crippen LogP contribution in [0, 0.1) is 5.82 Å². The Morgan fingerprint density at radius 2 is 2.06 bits per heavy atom. The Morgan fingerprint density at radius 3 is 2.61 bits per heavy atom. The van der Waals surface area contributed by atoms with Gasteiger partial charge in [0.15, 0.2) is 0 Å². The molecule has 100 valence electrons. The van der Waals surface area contributed by atoms with Crippen LogP contribution in [0.15, 0.2) is 18.2 Å². The first-order valence-corrected chi connectivity index (χ1v) is 6.30. The van der Waals surface area contributed by atoms with E-state index >= 15 is 0 Å². The summed E-state index contributed by atoms with van der Waals surface area (Å²) in [5, 5.41) is 18.1. The molecule has 0 bridgehead atoms. The topological polar surface area (TPSA) is 43.7 Å². The highest BCUT2D eigenvalue weighted by atomic mass is 19.1. The van der Waals surface area contributed by atoms with Crippen LogP contribution < -0.4 is 5.46 Å². The number of halogens is 1. The molecule has 1 aromatic carbocycles. The Balaban J connectivity index is 2.76. The lowest BCUT2D eigenvalue weighted by Gasteiger charge is -2.24. The number of hydrogen-bond acceptors (Lipinski definition) is 3. The molecule has 0 saturated carbocycles. The third-order valence-corrected chi connectivity index (χ3v) is 3.23. The zero-order chi connectivity index (χ0) is 13.7. The largest absolute Gasteiger partial charge is 0.491 e. The average Bonchev–Trinajstić information content (AvgIpc) is 2.31. The van der Waals surface area contributed by atoms with E-state index in [1.807, 2.05) is 7.05 Å². The van der Waals surface area contributed by atoms with Crippen molar-refractivity contribution in [1.29, 1.82) is 0 Å². The lowest BCUT2D eigenvalue weighted by molar-refractivity contribution is 0.237. The van der Waals surface area contributed by atoms with Crippen molar-refractivity contribution in [2.75, 3.05) is 7.05 Å². The molecular formula is C13H21BFNO2. The molecule has 3 nitrogen and oxygen atoms in total. The second kappa shape index (κ2) is 6.88. The van der Waals surface area contributed by atoms with Gasteiger partial charge in [-0.15, -0.1) is 0 Å². The molecule has 5 heteroatoms. The van der Waals surface area contributed by atoms with Crippen LogP contribution in [0.25, 0.3) is 0 Å². The van der Waals surface area contributed by atoms with Gasteiger partial charge in [-0.3, -0.25) is 4.90 Å². The van der Waals surface area contributed by atoms with Crippen LogP contribution in [-0.4, -0.2) is 35.2 Å². The van der Waals surface area contributed by atoms with Gasteiger partial charge in [-0.1, -0.05) is 25.5 Å². The third-order valence-electron chi connectivity index (χ3n) is 3.23. The van der Waals surface area contributed by atoms with Gasteiger partial charge in [0.1, 0.15) is 5.82 Å². The van der Waals surface area contributed by atoms with Gasteiger partial charge in [0.05, 0.1) is 0 Å². The highest BCUT2D eigenvalue weighted by molar-refractivity contribution is 6.58. The number of hydrogen-bond donors (Lipinski definition) is 2. The van der Waals surface area contributed by atoms with Gasteiger partial charge in [-0.25, -0.2) is 4.39 Å². The van der Waals surface area contributed by atoms with Gasteiger partial charge >= 0.3 is 7.12 Å². The first-order chi connectivity index (χ1) is 8.45. The first kappa shape index (κ1) is 15.2. The van der Waals surface area contributed by atoms with Gasteiger partial charge in [-0.05, 0) is 32.0 Å². The summed E-state index contributed by atoms with van der Waals surface area (Å²) < 4.78 is 13.3. The van der Waals surface area contributed by atoms with E-state index in [1.165, 1.54) is 12.1 Å². The molecule has 2 N–H and O–H groups in total. The summed E-state index contributed by atoms with van der Waals surface area (Å²) in [6.07, 6.45) is 2.22. The van der Waals surface area contributed by atoms with E-state index in [-0.39, 0.29) is 5.46 Å². The maximum absolute atomic E-state index is 13.3. The summed E-state index contributed by atoms with van der Waals surface area (Å²) in [5.41, 5.74) is 0.814. The molecule has 0 spiro atoms. The molecule has 0 amide bonds. The third kappa shape index (κ3) is 4.08. The predicted molar refractivity (Wildman–Crippen MR) is 72.1 cm³/mol. The quantitative estimate of drug-likeness (QED) is 0.747. The molecule has 18 heavy (non-hydrogen) atoms. The summed E-state index contributed by atoms with van der Waals surface area (Å²) >= 11 is 0. The maximum atomic E-state index is 13.3. The van der Waals surface area contributed by atoms with Crippen molar-refractivity contribution >= 4 is 12.6 Å². The SMILES string of the molecule is CCCC(C)N(C)Cc1ccc(F)c(B(O)O)c1. The van der Waals surface area contributed by atoms with E-state index < -0.39 is 12.9 Å². The molecule has 0 fully saturated rings. The molecule has 0 aromatic heterocycles. The Labute approximate surface area is 108 Å². The molecule has 0 aliphatic heterocycles. The average molecular weight is 253 g/mol. The molecule has 1 aromatic rings. The fourth-order valence-electron chi connectivity index (χ4n) is 1.97. The lowest BCUT2D eigenvalue weighted by atomic mass is 9.79. The van der Waals surface area contributed by atoms with Crippen LogP contribution in [0.4, 0.5) is 4.39 Å². The molecule has 1 atom stereocenters. The van der Waals surface area contributed by atoms with E-state index in [2.05, 4.69) is 18.7 Å². The van der Waals surface area contributed by atoms with Gasteiger partial charge in [0, 0.05) is 18.0 Å². The molecule has 1 rings (SSSR count). The molecule has 0 heterocycles. The zero-order valence-corrected chi connectivity index (χ0v) is 11.2. The van der Waals surface area contributed by atoms with Crippen LogP contribution in [0.1, 0.15) is 32.3 Å². The van der Waals surface area contributed by atoms with Crippen molar-refractivity contribution in [2.45, 2.75) is 39.3 Å². The van der Waals surface area contributed by atoms with Gasteiger partial charge in [0.25, 0.3) is 0 Å². The summed E-state index contributed by atoms with van der Waals surface area (Å²) in [5.74, 6) is -0.585. The van der Waals surface area contributed by atoms with Crippen LogP contribution in [-0.2, 0) is 6.54 Å². The summed E-state index contributed by atoms with van der Waals surface area (Å²) in [4.78, 5) is 2.17. The summed E-state index contributed by atoms with van der Waals surface area (Å²) in [6.45, 7) is 4.96. The molecule has 0 saturated heterocycles. The molecule has 0 radical (unpaired) electrons. The van der Waals surface area contributed by atoms with Crippen molar-refractivity contribution in [3.05, 3.63) is 29.6 Å². The summed E-state index contributed by atoms with van der Waals surface area (Å²) in [7, 11) is 0.252. The second-order valence-electron chi connectivity index (χ2n) is 4.78. The van der Waals surface area contributed by atoms with E-state index in [4.69, 9.17) is 10.0 Å². The Bertz CT molecular complexity index is 387. The van der Waals surface area contributed by atoms with Crippen LogP contribution in [0.5, 0.6) is 0 Å². The molecule has 0 aliphatic carbocycles. The second-order valence-corrected chi connectivity index (χ2v) is 4.78. The molecular weight excluding hydrogens is 232 g/mol.